The number of ether oxygens (including phenoxy) is 2. The van der Waals surface area contributed by atoms with E-state index in [2.05, 4.69) is 5.32 Å². The average molecular weight is 241 g/mol. The molecular weight excluding hydrogens is 218 g/mol. The van der Waals surface area contributed by atoms with Crippen molar-refractivity contribution in [3.05, 3.63) is 0 Å². The van der Waals surface area contributed by atoms with E-state index in [1.807, 2.05) is 13.8 Å². The first-order valence-electron chi connectivity index (χ1n) is 6.71. The van der Waals surface area contributed by atoms with Gasteiger partial charge < -0.3 is 14.8 Å². The van der Waals surface area contributed by atoms with Crippen LogP contribution in [0, 0.1) is 5.41 Å². The Balaban J connectivity index is 1.81. The maximum atomic E-state index is 11.6. The Morgan fingerprint density at radius 2 is 2.12 bits per heavy atom. The minimum absolute atomic E-state index is 0.0121. The second-order valence-corrected chi connectivity index (χ2v) is 5.02. The lowest BCUT2D eigenvalue weighted by atomic mass is 9.51. The molecule has 0 aromatic heterocycles. The molecule has 4 nitrogen and oxygen atoms in total. The highest BCUT2D eigenvalue weighted by atomic mass is 16.5. The Morgan fingerprint density at radius 1 is 1.35 bits per heavy atom. The van der Waals surface area contributed by atoms with Crippen molar-refractivity contribution in [2.45, 2.75) is 51.7 Å². The van der Waals surface area contributed by atoms with Crippen LogP contribution >= 0.6 is 0 Å². The number of hydrogen-bond donors (Lipinski definition) is 1. The van der Waals surface area contributed by atoms with E-state index in [0.29, 0.717) is 18.8 Å². The van der Waals surface area contributed by atoms with Crippen LogP contribution in [-0.2, 0) is 14.3 Å². The van der Waals surface area contributed by atoms with Gasteiger partial charge in [0.15, 0.2) is 0 Å². The summed E-state index contributed by atoms with van der Waals surface area (Å²) in [6, 6.07) is 0.306. The van der Waals surface area contributed by atoms with Crippen LogP contribution in [0.5, 0.6) is 0 Å². The zero-order chi connectivity index (χ0) is 12.3. The van der Waals surface area contributed by atoms with E-state index in [9.17, 15) is 4.79 Å². The summed E-state index contributed by atoms with van der Waals surface area (Å²) in [6.07, 6.45) is 4.97. The molecule has 2 fully saturated rings. The van der Waals surface area contributed by atoms with Gasteiger partial charge >= 0.3 is 0 Å². The van der Waals surface area contributed by atoms with E-state index in [4.69, 9.17) is 9.47 Å². The van der Waals surface area contributed by atoms with E-state index in [1.165, 1.54) is 19.3 Å². The molecule has 0 unspecified atom stereocenters. The van der Waals surface area contributed by atoms with Crippen LogP contribution in [0.4, 0.5) is 0 Å². The van der Waals surface area contributed by atoms with Crippen LogP contribution in [0.25, 0.3) is 0 Å². The summed E-state index contributed by atoms with van der Waals surface area (Å²) in [4.78, 5) is 11.6. The maximum absolute atomic E-state index is 11.6. The van der Waals surface area contributed by atoms with Crippen molar-refractivity contribution in [3.8, 4) is 0 Å². The van der Waals surface area contributed by atoms with Crippen molar-refractivity contribution >= 4 is 5.91 Å². The molecule has 17 heavy (non-hydrogen) atoms. The van der Waals surface area contributed by atoms with Gasteiger partial charge in [0.1, 0.15) is 6.61 Å². The van der Waals surface area contributed by atoms with E-state index in [-0.39, 0.29) is 17.9 Å². The van der Waals surface area contributed by atoms with Gasteiger partial charge in [-0.25, -0.2) is 0 Å². The minimum atomic E-state index is 0.0121. The largest absolute Gasteiger partial charge is 0.378 e. The Labute approximate surface area is 103 Å². The van der Waals surface area contributed by atoms with Crippen LogP contribution in [0.15, 0.2) is 0 Å². The molecule has 0 aliphatic heterocycles. The molecule has 0 heterocycles. The maximum Gasteiger partial charge on any atom is 0.246 e. The lowest BCUT2D eigenvalue weighted by Crippen LogP contribution is -2.67. The lowest BCUT2D eigenvalue weighted by molar-refractivity contribution is -0.176. The molecule has 0 radical (unpaired) electrons. The summed E-state index contributed by atoms with van der Waals surface area (Å²) in [7, 11) is 0. The Kier molecular flexibility index (Phi) is 4.05. The van der Waals surface area contributed by atoms with E-state index >= 15 is 0 Å². The predicted molar refractivity (Wildman–Crippen MR) is 64.7 cm³/mol. The fraction of sp³-hybridized carbons (Fsp3) is 0.923. The van der Waals surface area contributed by atoms with Gasteiger partial charge in [-0.3, -0.25) is 4.79 Å². The van der Waals surface area contributed by atoms with Gasteiger partial charge in [-0.15, -0.1) is 0 Å². The standard InChI is InChI=1S/C13H23NO3/c1-3-16-9-12(15)14-10-8-11(17-4-2)13(10)6-5-7-13/h10-11H,3-9H2,1-2H3,(H,14,15)/t10-,11-/m1/s1. The van der Waals surface area contributed by atoms with Gasteiger partial charge in [0.2, 0.25) is 5.91 Å². The lowest BCUT2D eigenvalue weighted by Gasteiger charge is -2.61. The average Bonchev–Trinajstić information content (AvgIpc) is 2.22. The van der Waals surface area contributed by atoms with Gasteiger partial charge in [-0.05, 0) is 33.1 Å². The van der Waals surface area contributed by atoms with Crippen molar-refractivity contribution in [1.82, 2.24) is 5.32 Å². The van der Waals surface area contributed by atoms with Crippen molar-refractivity contribution in [2.24, 2.45) is 5.41 Å². The van der Waals surface area contributed by atoms with Crippen molar-refractivity contribution in [3.63, 3.8) is 0 Å². The number of nitrogens with one attached hydrogen (secondary N) is 1. The summed E-state index contributed by atoms with van der Waals surface area (Å²) < 4.78 is 10.9. The number of hydrogen-bond acceptors (Lipinski definition) is 3. The summed E-state index contributed by atoms with van der Waals surface area (Å²) in [5.74, 6) is 0.0121. The number of rotatable bonds is 6. The van der Waals surface area contributed by atoms with Gasteiger partial charge in [0.25, 0.3) is 0 Å². The molecule has 1 N–H and O–H groups in total. The third kappa shape index (κ3) is 2.33. The highest BCUT2D eigenvalue weighted by molar-refractivity contribution is 5.77. The summed E-state index contributed by atoms with van der Waals surface area (Å²) in [5.41, 5.74) is 0.248. The highest BCUT2D eigenvalue weighted by Gasteiger charge is 2.59. The van der Waals surface area contributed by atoms with Gasteiger partial charge in [-0.1, -0.05) is 6.42 Å². The first-order valence-corrected chi connectivity index (χ1v) is 6.71. The normalized spacial score (nSPS) is 29.5. The first kappa shape index (κ1) is 12.8. The van der Waals surface area contributed by atoms with E-state index in [1.54, 1.807) is 0 Å². The van der Waals surface area contributed by atoms with Crippen LogP contribution in [0.3, 0.4) is 0 Å². The van der Waals surface area contributed by atoms with Crippen LogP contribution in [0.2, 0.25) is 0 Å². The fourth-order valence-corrected chi connectivity index (χ4v) is 3.07. The van der Waals surface area contributed by atoms with E-state index < -0.39 is 0 Å². The van der Waals surface area contributed by atoms with E-state index in [0.717, 1.165) is 13.0 Å². The molecule has 98 valence electrons. The van der Waals surface area contributed by atoms with Crippen molar-refractivity contribution < 1.29 is 14.3 Å². The molecule has 4 heteroatoms. The number of carbonyl (C=O) groups excluding carboxylic acids is 1. The summed E-state index contributed by atoms with van der Waals surface area (Å²) in [6.45, 7) is 5.47. The fourth-order valence-electron chi connectivity index (χ4n) is 3.07. The van der Waals surface area contributed by atoms with Crippen LogP contribution in [-0.4, -0.2) is 37.9 Å². The second kappa shape index (κ2) is 5.36. The van der Waals surface area contributed by atoms with Gasteiger partial charge in [0, 0.05) is 24.7 Å². The molecule has 2 rings (SSSR count). The molecule has 2 saturated carbocycles. The third-order valence-corrected chi connectivity index (χ3v) is 4.21. The zero-order valence-corrected chi connectivity index (χ0v) is 10.8. The van der Waals surface area contributed by atoms with Crippen molar-refractivity contribution in [1.29, 1.82) is 0 Å². The SMILES string of the molecule is CCOCC(=O)N[C@@H]1C[C@@H](OCC)C12CCC2. The molecule has 2 aliphatic carbocycles. The molecule has 0 aromatic rings. The topological polar surface area (TPSA) is 47.6 Å². The van der Waals surface area contributed by atoms with Crippen molar-refractivity contribution in [2.75, 3.05) is 19.8 Å². The number of carbonyl (C=O) groups is 1. The van der Waals surface area contributed by atoms with Gasteiger partial charge in [-0.2, -0.15) is 0 Å². The quantitative estimate of drug-likeness (QED) is 0.766. The van der Waals surface area contributed by atoms with Crippen LogP contribution < -0.4 is 5.32 Å². The highest BCUT2D eigenvalue weighted by Crippen LogP contribution is 2.57. The monoisotopic (exact) mass is 241 g/mol. The summed E-state index contributed by atoms with van der Waals surface area (Å²) >= 11 is 0. The van der Waals surface area contributed by atoms with Crippen LogP contribution in [0.1, 0.15) is 39.5 Å². The molecule has 0 saturated heterocycles. The summed E-state index contributed by atoms with van der Waals surface area (Å²) in [5, 5.41) is 3.09. The zero-order valence-electron chi connectivity index (χ0n) is 10.8. The minimum Gasteiger partial charge on any atom is -0.378 e. The Morgan fingerprint density at radius 3 is 2.65 bits per heavy atom. The smallest absolute Gasteiger partial charge is 0.246 e. The second-order valence-electron chi connectivity index (χ2n) is 5.02. The molecule has 0 aromatic carbocycles. The molecule has 0 bridgehead atoms. The molecule has 1 spiro atoms. The number of amides is 1. The molecule has 1 amide bonds. The Hall–Kier alpha value is -0.610. The molecular formula is C13H23NO3. The first-order chi connectivity index (χ1) is 8.23. The van der Waals surface area contributed by atoms with Gasteiger partial charge in [0.05, 0.1) is 6.10 Å². The predicted octanol–water partition coefficient (Wildman–Crippen LogP) is 1.49. The molecule has 2 atom stereocenters. The Bertz CT molecular complexity index is 276. The molecule has 2 aliphatic rings. The third-order valence-electron chi connectivity index (χ3n) is 4.21.